The third-order valence-electron chi connectivity index (χ3n) is 1.89. The molecular weight excluding hydrogens is 162 g/mol. The Bertz CT molecular complexity index is 226. The maximum absolute atomic E-state index is 3.27. The smallest absolute Gasteiger partial charge is 0.0382 e. The molecule has 1 N–H and O–H groups in total. The number of aromatic nitrogens is 1. The van der Waals surface area contributed by atoms with E-state index in [1.807, 2.05) is 6.20 Å². The van der Waals surface area contributed by atoms with Gasteiger partial charge in [0, 0.05) is 25.0 Å². The highest BCUT2D eigenvalue weighted by Gasteiger charge is 2.04. The lowest BCUT2D eigenvalue weighted by Gasteiger charge is -2.13. The molecule has 0 saturated carbocycles. The molecule has 0 spiro atoms. The summed E-state index contributed by atoms with van der Waals surface area (Å²) in [5.41, 5.74) is 2.71. The van der Waals surface area contributed by atoms with Crippen molar-refractivity contribution >= 4 is 0 Å². The van der Waals surface area contributed by atoms with E-state index in [0.29, 0.717) is 0 Å². The van der Waals surface area contributed by atoms with E-state index in [1.165, 1.54) is 11.3 Å². The minimum Gasteiger partial charge on any atom is -0.364 e. The van der Waals surface area contributed by atoms with Crippen molar-refractivity contribution in [2.75, 3.05) is 28.2 Å². The number of rotatable bonds is 4. The van der Waals surface area contributed by atoms with Gasteiger partial charge in [-0.25, -0.2) is 0 Å². The van der Waals surface area contributed by atoms with Crippen molar-refractivity contribution in [1.82, 2.24) is 14.8 Å². The first kappa shape index (κ1) is 10.3. The highest BCUT2D eigenvalue weighted by Crippen LogP contribution is 2.09. The number of hydrogen-bond donors (Lipinski definition) is 1. The minimum absolute atomic E-state index is 0.982. The van der Waals surface area contributed by atoms with Crippen LogP contribution < -0.4 is 0 Å². The van der Waals surface area contributed by atoms with Gasteiger partial charge >= 0.3 is 0 Å². The van der Waals surface area contributed by atoms with Crippen LogP contribution in [0.4, 0.5) is 0 Å². The van der Waals surface area contributed by atoms with E-state index in [-0.39, 0.29) is 0 Å². The van der Waals surface area contributed by atoms with Crippen molar-refractivity contribution < 1.29 is 0 Å². The summed E-state index contributed by atoms with van der Waals surface area (Å²) in [4.78, 5) is 7.63. The van der Waals surface area contributed by atoms with Crippen LogP contribution >= 0.6 is 0 Å². The van der Waals surface area contributed by atoms with Crippen molar-refractivity contribution in [3.8, 4) is 0 Å². The number of nitrogens with zero attached hydrogens (tertiary/aromatic N) is 2. The first-order valence-corrected chi connectivity index (χ1v) is 4.54. The van der Waals surface area contributed by atoms with E-state index in [9.17, 15) is 0 Å². The molecule has 0 aliphatic rings. The van der Waals surface area contributed by atoms with Gasteiger partial charge in [-0.15, -0.1) is 0 Å². The molecule has 0 amide bonds. The molecule has 0 radical (unpaired) electrons. The van der Waals surface area contributed by atoms with Crippen LogP contribution in [0.1, 0.15) is 11.3 Å². The second-order valence-electron chi connectivity index (χ2n) is 3.96. The van der Waals surface area contributed by atoms with Crippen LogP contribution in [0.2, 0.25) is 0 Å². The molecule has 1 aromatic rings. The van der Waals surface area contributed by atoms with Gasteiger partial charge in [0.15, 0.2) is 0 Å². The van der Waals surface area contributed by atoms with Gasteiger partial charge in [-0.3, -0.25) is 0 Å². The van der Waals surface area contributed by atoms with Gasteiger partial charge in [-0.2, -0.15) is 0 Å². The molecule has 0 fully saturated rings. The van der Waals surface area contributed by atoms with Crippen LogP contribution in [-0.4, -0.2) is 43.0 Å². The van der Waals surface area contributed by atoms with Gasteiger partial charge in [0.2, 0.25) is 0 Å². The summed E-state index contributed by atoms with van der Waals surface area (Å²) in [5, 5.41) is 0. The number of nitrogens with one attached hydrogen (secondary N) is 1. The lowest BCUT2D eigenvalue weighted by Crippen LogP contribution is -2.15. The summed E-state index contributed by atoms with van der Waals surface area (Å²) >= 11 is 0. The number of H-pyrrole nitrogens is 1. The fraction of sp³-hybridized carbons (Fsp3) is 0.600. The predicted octanol–water partition coefficient (Wildman–Crippen LogP) is 1.14. The lowest BCUT2D eigenvalue weighted by atomic mass is 10.2. The summed E-state index contributed by atoms with van der Waals surface area (Å²) < 4.78 is 0. The van der Waals surface area contributed by atoms with Gasteiger partial charge in [0.25, 0.3) is 0 Å². The fourth-order valence-electron chi connectivity index (χ4n) is 1.39. The normalized spacial score (nSPS) is 11.5. The third kappa shape index (κ3) is 3.20. The Hall–Kier alpha value is -0.800. The summed E-state index contributed by atoms with van der Waals surface area (Å²) in [5.74, 6) is 0. The largest absolute Gasteiger partial charge is 0.364 e. The number of hydrogen-bond acceptors (Lipinski definition) is 2. The molecule has 1 heterocycles. The van der Waals surface area contributed by atoms with E-state index < -0.39 is 0 Å². The average molecular weight is 181 g/mol. The second kappa shape index (κ2) is 4.44. The van der Waals surface area contributed by atoms with Gasteiger partial charge in [-0.1, -0.05) is 0 Å². The summed E-state index contributed by atoms with van der Waals surface area (Å²) in [6.07, 6.45) is 2.01. The van der Waals surface area contributed by atoms with E-state index in [0.717, 1.165) is 13.1 Å². The molecule has 1 rings (SSSR count). The van der Waals surface area contributed by atoms with Crippen LogP contribution in [0.3, 0.4) is 0 Å². The van der Waals surface area contributed by atoms with Crippen molar-refractivity contribution in [3.05, 3.63) is 23.5 Å². The summed E-state index contributed by atoms with van der Waals surface area (Å²) in [6, 6.07) is 2.15. The molecule has 0 unspecified atom stereocenters. The van der Waals surface area contributed by atoms with Crippen LogP contribution in [0.15, 0.2) is 12.3 Å². The second-order valence-corrected chi connectivity index (χ2v) is 3.96. The molecule has 0 bridgehead atoms. The van der Waals surface area contributed by atoms with Crippen molar-refractivity contribution in [1.29, 1.82) is 0 Å². The topological polar surface area (TPSA) is 22.3 Å². The fourth-order valence-corrected chi connectivity index (χ4v) is 1.39. The Morgan fingerprint density at radius 2 is 1.69 bits per heavy atom. The molecule has 0 aromatic carbocycles. The van der Waals surface area contributed by atoms with Gasteiger partial charge in [-0.05, 0) is 39.8 Å². The summed E-state index contributed by atoms with van der Waals surface area (Å²) in [6.45, 7) is 1.99. The van der Waals surface area contributed by atoms with E-state index in [1.54, 1.807) is 0 Å². The highest BCUT2D eigenvalue weighted by atomic mass is 15.1. The van der Waals surface area contributed by atoms with Gasteiger partial charge in [0.1, 0.15) is 0 Å². The molecule has 1 aromatic heterocycles. The van der Waals surface area contributed by atoms with Crippen molar-refractivity contribution in [3.63, 3.8) is 0 Å². The van der Waals surface area contributed by atoms with Crippen molar-refractivity contribution in [2.24, 2.45) is 0 Å². The van der Waals surface area contributed by atoms with Crippen LogP contribution in [0.25, 0.3) is 0 Å². The zero-order chi connectivity index (χ0) is 9.84. The Balaban J connectivity index is 2.65. The zero-order valence-electron chi connectivity index (χ0n) is 8.96. The van der Waals surface area contributed by atoms with Crippen LogP contribution in [-0.2, 0) is 13.1 Å². The molecule has 0 atom stereocenters. The third-order valence-corrected chi connectivity index (χ3v) is 1.89. The lowest BCUT2D eigenvalue weighted by molar-refractivity contribution is 0.378. The number of aromatic amines is 1. The molecule has 0 aliphatic carbocycles. The Labute approximate surface area is 80.3 Å². The molecule has 13 heavy (non-hydrogen) atoms. The van der Waals surface area contributed by atoms with Gasteiger partial charge < -0.3 is 14.8 Å². The minimum atomic E-state index is 0.982. The molecule has 3 nitrogen and oxygen atoms in total. The Kier molecular flexibility index (Phi) is 3.51. The SMILES string of the molecule is CN(C)Cc1cc[nH]c1CN(C)C. The maximum Gasteiger partial charge on any atom is 0.0382 e. The van der Waals surface area contributed by atoms with Crippen LogP contribution in [0, 0.1) is 0 Å². The van der Waals surface area contributed by atoms with Gasteiger partial charge in [0.05, 0.1) is 0 Å². The monoisotopic (exact) mass is 181 g/mol. The first-order valence-electron chi connectivity index (χ1n) is 4.54. The van der Waals surface area contributed by atoms with E-state index >= 15 is 0 Å². The van der Waals surface area contributed by atoms with E-state index in [2.05, 4.69) is 49.0 Å². The zero-order valence-corrected chi connectivity index (χ0v) is 8.96. The molecular formula is C10H19N3. The predicted molar refractivity (Wildman–Crippen MR) is 55.6 cm³/mol. The Morgan fingerprint density at radius 3 is 2.23 bits per heavy atom. The molecule has 0 aliphatic heterocycles. The average Bonchev–Trinajstić information content (AvgIpc) is 2.34. The quantitative estimate of drug-likeness (QED) is 0.752. The molecule has 3 heteroatoms. The van der Waals surface area contributed by atoms with Crippen LogP contribution in [0.5, 0.6) is 0 Å². The molecule has 0 saturated heterocycles. The first-order chi connectivity index (χ1) is 6.09. The van der Waals surface area contributed by atoms with Crippen molar-refractivity contribution in [2.45, 2.75) is 13.1 Å². The van der Waals surface area contributed by atoms with E-state index in [4.69, 9.17) is 0 Å². The Morgan fingerprint density at radius 1 is 1.08 bits per heavy atom. The standard InChI is InChI=1S/C10H19N3/c1-12(2)7-9-5-6-11-10(9)8-13(3)4/h5-6,11H,7-8H2,1-4H3. The molecule has 74 valence electrons. The summed E-state index contributed by atoms with van der Waals surface area (Å²) in [7, 11) is 8.35. The maximum atomic E-state index is 3.27. The highest BCUT2D eigenvalue weighted by molar-refractivity contribution is 5.20.